The molecule has 1 aromatic carbocycles. The Morgan fingerprint density at radius 3 is 1.34 bits per heavy atom. The van der Waals surface area contributed by atoms with E-state index in [1.54, 1.807) is 12.1 Å². The van der Waals surface area contributed by atoms with E-state index >= 15 is 0 Å². The van der Waals surface area contributed by atoms with Crippen molar-refractivity contribution in [3.8, 4) is 17.6 Å². The summed E-state index contributed by atoms with van der Waals surface area (Å²) in [5, 5.41) is 168. The van der Waals surface area contributed by atoms with E-state index in [1.165, 1.54) is 19.1 Å². The minimum atomic E-state index is -2.08. The van der Waals surface area contributed by atoms with E-state index < -0.39 is 246 Å². The Bertz CT molecular complexity index is 2770. The number of rotatable bonds is 29. The van der Waals surface area contributed by atoms with Crippen LogP contribution >= 0.6 is 0 Å². The topological polar surface area (TPSA) is 539 Å². The second kappa shape index (κ2) is 37.7. The molecule has 556 valence electrons. The van der Waals surface area contributed by atoms with Gasteiger partial charge in [0.2, 0.25) is 23.6 Å². The van der Waals surface area contributed by atoms with Crippen LogP contribution in [0, 0.1) is 11.8 Å². The second-order valence-corrected chi connectivity index (χ2v) is 24.9. The molecule has 0 radical (unpaired) electrons. The number of unbranched alkanes of at least 4 members (excludes halogenated alkanes) is 5. The predicted octanol–water partition coefficient (Wildman–Crippen LogP) is -7.93. The SMILES string of the molecule is CCCCCCC#CCCCOc1cccc(C(=O)NC2[C@H](O[C@H]3C(O)C(NC(C)=O)[C@H](OC4C(CO)O[C@@H](O[C@H]5C(O)C(NC(C)=O)C(OC6C(CO[C@@H]7OC(C)[C@@H](O)C(O)[C@H]7O)OC(O)[C@@H](NC(C)=O)[C@H]6O)O[C@H]5CO)[C@@H](NC(C)=O)[C@H]4O)O[C@H]3CO)OC(CO)[C@@H](O)[C@@H]2O)c1. The quantitative estimate of drug-likeness (QED) is 0.0262. The molecular formula is C62H97N5O31. The highest BCUT2D eigenvalue weighted by atomic mass is 16.8. The van der Waals surface area contributed by atoms with Crippen LogP contribution in [0.4, 0.5) is 0 Å². The lowest BCUT2D eigenvalue weighted by Crippen LogP contribution is -2.72. The zero-order valence-electron chi connectivity index (χ0n) is 55.0. The number of carbonyl (C=O) groups is 5. The highest BCUT2D eigenvalue weighted by Gasteiger charge is 2.58. The molecular weight excluding hydrogens is 1310 g/mol. The summed E-state index contributed by atoms with van der Waals surface area (Å²) in [5.74, 6) is 2.53. The zero-order valence-corrected chi connectivity index (χ0v) is 55.0. The number of benzene rings is 1. The molecule has 0 bridgehead atoms. The molecule has 0 saturated carbocycles. The molecule has 7 rings (SSSR count). The van der Waals surface area contributed by atoms with Gasteiger partial charge < -0.3 is 155 Å². The normalized spacial score (nSPS) is 39.6. The predicted molar refractivity (Wildman–Crippen MR) is 327 cm³/mol. The lowest BCUT2D eigenvalue weighted by molar-refractivity contribution is -0.368. The van der Waals surface area contributed by atoms with E-state index in [2.05, 4.69) is 45.3 Å². The van der Waals surface area contributed by atoms with Crippen LogP contribution in [0.25, 0.3) is 0 Å². The van der Waals surface area contributed by atoms with Gasteiger partial charge in [0, 0.05) is 46.1 Å². The molecule has 6 saturated heterocycles. The Balaban J connectivity index is 1.07. The highest BCUT2D eigenvalue weighted by Crippen LogP contribution is 2.37. The van der Waals surface area contributed by atoms with Crippen molar-refractivity contribution in [3.05, 3.63) is 29.8 Å². The number of aliphatic hydroxyl groups is 14. The van der Waals surface area contributed by atoms with E-state index in [-0.39, 0.29) is 12.2 Å². The molecule has 6 aliphatic rings. The molecule has 5 amide bonds. The summed E-state index contributed by atoms with van der Waals surface area (Å²) in [6.07, 6.45) is -38.5. The fourth-order valence-electron chi connectivity index (χ4n) is 12.3. The first kappa shape index (κ1) is 80.2. The third-order valence-electron chi connectivity index (χ3n) is 17.4. The van der Waals surface area contributed by atoms with Gasteiger partial charge in [-0.05, 0) is 38.0 Å². The fraction of sp³-hybridized carbons (Fsp3) is 0.790. The molecule has 0 aliphatic carbocycles. The van der Waals surface area contributed by atoms with Crippen LogP contribution in [-0.2, 0) is 71.3 Å². The maximum Gasteiger partial charge on any atom is 0.251 e. The van der Waals surface area contributed by atoms with Gasteiger partial charge in [-0.2, -0.15) is 0 Å². The number of amides is 5. The first-order valence-electron chi connectivity index (χ1n) is 32.6. The molecule has 14 unspecified atom stereocenters. The van der Waals surface area contributed by atoms with E-state index in [4.69, 9.17) is 56.8 Å². The van der Waals surface area contributed by atoms with Crippen LogP contribution in [0.1, 0.15) is 96.8 Å². The van der Waals surface area contributed by atoms with E-state index in [0.717, 1.165) is 59.8 Å². The van der Waals surface area contributed by atoms with Gasteiger partial charge in [0.05, 0.1) is 45.7 Å². The Labute approximate surface area is 564 Å². The van der Waals surface area contributed by atoms with Gasteiger partial charge in [0.1, 0.15) is 146 Å². The summed E-state index contributed by atoms with van der Waals surface area (Å²) in [7, 11) is 0. The minimum Gasteiger partial charge on any atom is -0.494 e. The van der Waals surface area contributed by atoms with Crippen molar-refractivity contribution in [3.63, 3.8) is 0 Å². The number of ether oxygens (including phenoxy) is 12. The Morgan fingerprint density at radius 1 is 0.449 bits per heavy atom. The maximum absolute atomic E-state index is 13.9. The van der Waals surface area contributed by atoms with Gasteiger partial charge in [-0.15, -0.1) is 11.8 Å². The maximum atomic E-state index is 13.9. The second-order valence-electron chi connectivity index (χ2n) is 24.9. The molecule has 6 fully saturated rings. The minimum absolute atomic E-state index is 0.0314. The van der Waals surface area contributed by atoms with Crippen LogP contribution in [0.5, 0.6) is 5.75 Å². The summed E-state index contributed by atoms with van der Waals surface area (Å²) < 4.78 is 71.9. The lowest BCUT2D eigenvalue weighted by atomic mass is 9.93. The molecule has 36 heteroatoms. The monoisotopic (exact) mass is 1410 g/mol. The summed E-state index contributed by atoms with van der Waals surface area (Å²) >= 11 is 0. The van der Waals surface area contributed by atoms with Gasteiger partial charge in [-0.25, -0.2) is 0 Å². The van der Waals surface area contributed by atoms with Crippen LogP contribution in [-0.4, -0.2) is 325 Å². The third-order valence-corrected chi connectivity index (χ3v) is 17.4. The molecule has 0 aromatic heterocycles. The average Bonchev–Trinajstić information content (AvgIpc) is 0.772. The summed E-state index contributed by atoms with van der Waals surface area (Å²) in [4.78, 5) is 65.0. The van der Waals surface area contributed by atoms with Gasteiger partial charge in [0.25, 0.3) is 5.91 Å². The van der Waals surface area contributed by atoms with Crippen LogP contribution in [0.15, 0.2) is 24.3 Å². The standard InChI is InChI=1S/C62H97N5O31/c1-7-8-9-10-11-12-13-14-15-19-87-32-18-16-17-31(20-32)56(85)67-39-45(78)44(77)33(21-68)91-58(39)95-52-34(22-69)92-59(40(47(52)80)64-28(4)73)96-53-35(23-70)93-60(41(48(53)81)65-29(5)74)97-54-36(24-71)94-61(42(49(54)82)66-30(6)75)98-55-37(90-57(86)38(46(55)79)63-27(3)72)25-88-62-51(84)50(83)43(76)26(2)89-62/h16-18,20,26,33-55,57-62,68-71,76-84,86H,7-11,14-15,19,21-25H2,1-6H3,(H,63,72)(H,64,73)(H,65,74)(H,66,75)(H,67,85)/t26?,33?,34-,35?,36-,37?,38-,39?,40?,41-,42?,43+,44+,45+,46+,47?,48+,49?,50?,51+,52+,53?,54+,55?,57?,58-,59-,60-,61?,62+/m0/s1. The van der Waals surface area contributed by atoms with Crippen LogP contribution in [0.2, 0.25) is 0 Å². The number of nitrogens with one attached hydrogen (secondary N) is 5. The van der Waals surface area contributed by atoms with Gasteiger partial charge >= 0.3 is 0 Å². The molecule has 1 aromatic rings. The van der Waals surface area contributed by atoms with Crippen molar-refractivity contribution < 1.29 is 152 Å². The van der Waals surface area contributed by atoms with E-state index in [0.29, 0.717) is 18.6 Å². The van der Waals surface area contributed by atoms with Gasteiger partial charge in [-0.1, -0.05) is 32.3 Å². The van der Waals surface area contributed by atoms with Gasteiger partial charge in [0.15, 0.2) is 37.7 Å². The zero-order chi connectivity index (χ0) is 71.8. The molecule has 30 atom stereocenters. The number of carbonyl (C=O) groups excluding carboxylic acids is 5. The number of hydrogen-bond acceptors (Lipinski definition) is 31. The molecule has 6 aliphatic heterocycles. The number of aliphatic hydroxyl groups excluding tert-OH is 14. The van der Waals surface area contributed by atoms with Crippen molar-refractivity contribution in [2.45, 2.75) is 270 Å². The average molecular weight is 1410 g/mol. The first-order chi connectivity index (χ1) is 46.7. The molecule has 0 spiro atoms. The Hall–Kier alpha value is -5.07. The summed E-state index contributed by atoms with van der Waals surface area (Å²) in [6, 6.07) is -2.60. The van der Waals surface area contributed by atoms with Crippen molar-refractivity contribution in [1.82, 2.24) is 26.6 Å². The summed E-state index contributed by atoms with van der Waals surface area (Å²) in [6.45, 7) is 3.20. The largest absolute Gasteiger partial charge is 0.494 e. The highest BCUT2D eigenvalue weighted by molar-refractivity contribution is 5.94. The smallest absolute Gasteiger partial charge is 0.251 e. The van der Waals surface area contributed by atoms with Crippen molar-refractivity contribution >= 4 is 29.5 Å². The molecule has 98 heavy (non-hydrogen) atoms. The van der Waals surface area contributed by atoms with Crippen molar-refractivity contribution in [2.24, 2.45) is 0 Å². The first-order valence-corrected chi connectivity index (χ1v) is 32.6. The Morgan fingerprint density at radius 2 is 0.878 bits per heavy atom. The van der Waals surface area contributed by atoms with Crippen LogP contribution < -0.4 is 31.3 Å². The third kappa shape index (κ3) is 20.4. The van der Waals surface area contributed by atoms with Crippen molar-refractivity contribution in [2.75, 3.05) is 39.6 Å². The fourth-order valence-corrected chi connectivity index (χ4v) is 12.3. The molecule has 19 N–H and O–H groups in total. The van der Waals surface area contributed by atoms with Crippen LogP contribution in [0.3, 0.4) is 0 Å². The van der Waals surface area contributed by atoms with E-state index in [1.807, 2.05) is 0 Å². The Kier molecular flexibility index (Phi) is 30.9. The molecule has 36 nitrogen and oxygen atoms in total. The number of hydrogen-bond donors (Lipinski definition) is 19. The van der Waals surface area contributed by atoms with Gasteiger partial charge in [-0.3, -0.25) is 24.0 Å². The van der Waals surface area contributed by atoms with Crippen molar-refractivity contribution in [1.29, 1.82) is 0 Å². The lowest BCUT2D eigenvalue weighted by Gasteiger charge is -2.51. The summed E-state index contributed by atoms with van der Waals surface area (Å²) in [5.41, 5.74) is 0.0314. The molecule has 6 heterocycles. The van der Waals surface area contributed by atoms with E-state index in [9.17, 15) is 95.5 Å².